The van der Waals surface area contributed by atoms with Crippen LogP contribution >= 0.6 is 11.8 Å². The number of thioether (sulfide) groups is 1. The highest BCUT2D eigenvalue weighted by Crippen LogP contribution is 2.29. The monoisotopic (exact) mass is 387 g/mol. The van der Waals surface area contributed by atoms with Gasteiger partial charge >= 0.3 is 0 Å². The minimum atomic E-state index is -0.440. The molecule has 8 nitrogen and oxygen atoms in total. The van der Waals surface area contributed by atoms with Crippen LogP contribution in [0.1, 0.15) is 19.8 Å². The number of carbonyl (C=O) groups excluding carboxylic acids is 1. The molecule has 9 heteroatoms. The third-order valence-corrected chi connectivity index (χ3v) is 5.46. The highest BCUT2D eigenvalue weighted by Gasteiger charge is 2.26. The topological polar surface area (TPSA) is 94.2 Å². The van der Waals surface area contributed by atoms with Gasteiger partial charge < -0.3 is 4.90 Å². The smallest absolute Gasteiger partial charge is 0.270 e. The van der Waals surface area contributed by atoms with E-state index in [4.69, 9.17) is 0 Å². The molecule has 142 valence electrons. The first-order valence-corrected chi connectivity index (χ1v) is 9.63. The average Bonchev–Trinajstić information content (AvgIpc) is 3.32. The molecular formula is C18H21N5O3S. The van der Waals surface area contributed by atoms with Crippen LogP contribution in [0.5, 0.6) is 0 Å². The van der Waals surface area contributed by atoms with Crippen molar-refractivity contribution in [2.45, 2.75) is 36.7 Å². The maximum absolute atomic E-state index is 12.6. The molecule has 0 aliphatic carbocycles. The molecule has 2 heterocycles. The Balaban J connectivity index is 1.86. The number of hydrogen-bond donors (Lipinski definition) is 0. The van der Waals surface area contributed by atoms with Crippen molar-refractivity contribution >= 4 is 23.4 Å². The van der Waals surface area contributed by atoms with Gasteiger partial charge in [0.15, 0.2) is 11.0 Å². The molecular weight excluding hydrogens is 366 g/mol. The summed E-state index contributed by atoms with van der Waals surface area (Å²) in [6.45, 7) is 7.69. The Labute approximate surface area is 161 Å². The van der Waals surface area contributed by atoms with E-state index in [1.807, 2.05) is 16.4 Å². The first kappa shape index (κ1) is 19.1. The normalized spacial score (nSPS) is 14.9. The Kier molecular flexibility index (Phi) is 5.90. The summed E-state index contributed by atoms with van der Waals surface area (Å²) in [5.74, 6) is 0.615. The second kappa shape index (κ2) is 8.34. The summed E-state index contributed by atoms with van der Waals surface area (Å²) in [5, 5.41) is 19.8. The zero-order chi connectivity index (χ0) is 19.4. The lowest BCUT2D eigenvalue weighted by Gasteiger charge is -2.19. The van der Waals surface area contributed by atoms with Crippen molar-refractivity contribution in [3.05, 3.63) is 47.0 Å². The highest BCUT2D eigenvalue weighted by atomic mass is 32.2. The molecule has 1 atom stereocenters. The number of allylic oxidation sites excluding steroid dienone is 1. The van der Waals surface area contributed by atoms with Crippen LogP contribution in [-0.4, -0.2) is 48.8 Å². The highest BCUT2D eigenvalue weighted by molar-refractivity contribution is 8.00. The van der Waals surface area contributed by atoms with Crippen LogP contribution in [0, 0.1) is 10.1 Å². The molecule has 1 aromatic heterocycles. The van der Waals surface area contributed by atoms with Crippen molar-refractivity contribution in [2.24, 2.45) is 0 Å². The SMILES string of the molecule is C=CCn1c(SC(C)C(=O)N2CCCC2)nnc1-c1cccc([N+](=O)[O-])c1. The van der Waals surface area contributed by atoms with Crippen LogP contribution in [-0.2, 0) is 11.3 Å². The summed E-state index contributed by atoms with van der Waals surface area (Å²) >= 11 is 1.35. The minimum Gasteiger partial charge on any atom is -0.342 e. The summed E-state index contributed by atoms with van der Waals surface area (Å²) < 4.78 is 1.82. The molecule has 27 heavy (non-hydrogen) atoms. The number of hydrogen-bond acceptors (Lipinski definition) is 6. The van der Waals surface area contributed by atoms with Crippen LogP contribution in [0.3, 0.4) is 0 Å². The third kappa shape index (κ3) is 4.19. The van der Waals surface area contributed by atoms with E-state index in [0.717, 1.165) is 25.9 Å². The predicted molar refractivity (Wildman–Crippen MR) is 103 cm³/mol. The molecule has 2 aromatic rings. The number of rotatable bonds is 7. The van der Waals surface area contributed by atoms with Gasteiger partial charge in [-0.3, -0.25) is 19.5 Å². The van der Waals surface area contributed by atoms with Crippen LogP contribution in [0.2, 0.25) is 0 Å². The van der Waals surface area contributed by atoms with E-state index in [0.29, 0.717) is 23.1 Å². The second-order valence-corrected chi connectivity index (χ2v) is 7.61. The van der Waals surface area contributed by atoms with Crippen LogP contribution in [0.15, 0.2) is 42.1 Å². The Hall–Kier alpha value is -2.68. The lowest BCUT2D eigenvalue weighted by molar-refractivity contribution is -0.384. The number of nitro groups is 1. The van der Waals surface area contributed by atoms with Gasteiger partial charge in [-0.1, -0.05) is 30.0 Å². The van der Waals surface area contributed by atoms with Gasteiger partial charge in [0.2, 0.25) is 5.91 Å². The molecule has 1 aromatic carbocycles. The van der Waals surface area contributed by atoms with Crippen molar-refractivity contribution in [2.75, 3.05) is 13.1 Å². The van der Waals surface area contributed by atoms with Gasteiger partial charge in [0.1, 0.15) is 0 Å². The van der Waals surface area contributed by atoms with Gasteiger partial charge in [0, 0.05) is 37.3 Å². The zero-order valence-corrected chi connectivity index (χ0v) is 15.9. The Morgan fingerprint density at radius 3 is 2.81 bits per heavy atom. The summed E-state index contributed by atoms with van der Waals surface area (Å²) in [7, 11) is 0. The van der Waals surface area contributed by atoms with Crippen molar-refractivity contribution in [3.8, 4) is 11.4 Å². The van der Waals surface area contributed by atoms with Crippen molar-refractivity contribution in [1.82, 2.24) is 19.7 Å². The molecule has 1 amide bonds. The number of aromatic nitrogens is 3. The van der Waals surface area contributed by atoms with E-state index in [1.54, 1.807) is 18.2 Å². The summed E-state index contributed by atoms with van der Waals surface area (Å²) in [4.78, 5) is 25.1. The minimum absolute atomic E-state index is 0.00700. The third-order valence-electron chi connectivity index (χ3n) is 4.39. The van der Waals surface area contributed by atoms with E-state index in [1.165, 1.54) is 23.9 Å². The van der Waals surface area contributed by atoms with Crippen molar-refractivity contribution in [3.63, 3.8) is 0 Å². The van der Waals surface area contributed by atoms with Crippen LogP contribution in [0.4, 0.5) is 5.69 Å². The fraction of sp³-hybridized carbons (Fsp3) is 0.389. The molecule has 1 saturated heterocycles. The molecule has 1 fully saturated rings. The van der Waals surface area contributed by atoms with Gasteiger partial charge in [-0.25, -0.2) is 0 Å². The van der Waals surface area contributed by atoms with Gasteiger partial charge in [-0.2, -0.15) is 0 Å². The number of nitro benzene ring substituents is 1. The Bertz CT molecular complexity index is 860. The summed E-state index contributed by atoms with van der Waals surface area (Å²) in [5.41, 5.74) is 0.594. The van der Waals surface area contributed by atoms with Gasteiger partial charge in [0.05, 0.1) is 10.2 Å². The Morgan fingerprint density at radius 2 is 2.15 bits per heavy atom. The van der Waals surface area contributed by atoms with E-state index in [-0.39, 0.29) is 16.8 Å². The van der Waals surface area contributed by atoms with Crippen LogP contribution < -0.4 is 0 Å². The van der Waals surface area contributed by atoms with Gasteiger partial charge in [0.25, 0.3) is 5.69 Å². The zero-order valence-electron chi connectivity index (χ0n) is 15.1. The number of non-ortho nitro benzene ring substituents is 1. The number of benzene rings is 1. The number of amides is 1. The summed E-state index contributed by atoms with van der Waals surface area (Å²) in [6, 6.07) is 6.28. The molecule has 0 radical (unpaired) electrons. The largest absolute Gasteiger partial charge is 0.342 e. The lowest BCUT2D eigenvalue weighted by Crippen LogP contribution is -2.34. The standard InChI is InChI=1S/C18H21N5O3S/c1-3-9-22-16(14-7-6-8-15(12-14)23(25)26)19-20-18(22)27-13(2)17(24)21-10-4-5-11-21/h3,6-8,12-13H,1,4-5,9-11H2,2H3. The van der Waals surface area contributed by atoms with Gasteiger partial charge in [-0.05, 0) is 19.8 Å². The summed E-state index contributed by atoms with van der Waals surface area (Å²) in [6.07, 6.45) is 3.81. The van der Waals surface area contributed by atoms with E-state index in [2.05, 4.69) is 16.8 Å². The van der Waals surface area contributed by atoms with Crippen LogP contribution in [0.25, 0.3) is 11.4 Å². The maximum Gasteiger partial charge on any atom is 0.270 e. The number of nitrogens with zero attached hydrogens (tertiary/aromatic N) is 5. The van der Waals surface area contributed by atoms with Crippen molar-refractivity contribution < 1.29 is 9.72 Å². The maximum atomic E-state index is 12.6. The quantitative estimate of drug-likeness (QED) is 0.313. The molecule has 0 bridgehead atoms. The molecule has 0 spiro atoms. The van der Waals surface area contributed by atoms with Crippen molar-refractivity contribution in [1.29, 1.82) is 0 Å². The molecule has 1 aliphatic rings. The second-order valence-electron chi connectivity index (χ2n) is 6.31. The van der Waals surface area contributed by atoms with E-state index >= 15 is 0 Å². The first-order valence-electron chi connectivity index (χ1n) is 8.75. The average molecular weight is 387 g/mol. The number of carbonyl (C=O) groups is 1. The molecule has 0 saturated carbocycles. The predicted octanol–water partition coefficient (Wildman–Crippen LogP) is 3.14. The Morgan fingerprint density at radius 1 is 1.41 bits per heavy atom. The fourth-order valence-electron chi connectivity index (χ4n) is 3.04. The lowest BCUT2D eigenvalue weighted by atomic mass is 10.2. The van der Waals surface area contributed by atoms with Gasteiger partial charge in [-0.15, -0.1) is 16.8 Å². The molecule has 1 unspecified atom stereocenters. The number of likely N-dealkylation sites (tertiary alicyclic amines) is 1. The molecule has 0 N–H and O–H groups in total. The van der Waals surface area contributed by atoms with E-state index in [9.17, 15) is 14.9 Å². The van der Waals surface area contributed by atoms with E-state index < -0.39 is 4.92 Å². The first-order chi connectivity index (χ1) is 13.0. The molecule has 3 rings (SSSR count). The fourth-order valence-corrected chi connectivity index (χ4v) is 3.99. The molecule has 1 aliphatic heterocycles.